The first-order valence-electron chi connectivity index (χ1n) is 5.00. The van der Waals surface area contributed by atoms with Crippen molar-refractivity contribution in [2.24, 2.45) is 12.9 Å². The number of halogens is 3. The summed E-state index contributed by atoms with van der Waals surface area (Å²) in [6, 6.07) is 4.13. The molecule has 1 aromatic heterocycles. The maximum atomic E-state index is 13.9. The van der Waals surface area contributed by atoms with Crippen LogP contribution in [0.1, 0.15) is 17.3 Å². The minimum Gasteiger partial charge on any atom is -0.271 e. The number of rotatable bonds is 3. The van der Waals surface area contributed by atoms with E-state index in [4.69, 9.17) is 5.84 Å². The fraction of sp³-hybridized carbons (Fsp3) is 0.200. The number of nitrogens with one attached hydrogen (secondary N) is 1. The number of benzene rings is 1. The van der Waals surface area contributed by atoms with Gasteiger partial charge in [-0.2, -0.15) is 0 Å². The maximum Gasteiger partial charge on any atom is 0.153 e. The summed E-state index contributed by atoms with van der Waals surface area (Å²) in [5, 5.41) is 7.72. The third-order valence-corrected chi connectivity index (χ3v) is 3.59. The number of nitrogens with zero attached hydrogens (tertiary/aromatic N) is 3. The zero-order valence-electron chi connectivity index (χ0n) is 9.36. The average Bonchev–Trinajstić information content (AvgIpc) is 2.66. The zero-order chi connectivity index (χ0) is 13.3. The van der Waals surface area contributed by atoms with Crippen molar-refractivity contribution in [2.45, 2.75) is 6.04 Å². The van der Waals surface area contributed by atoms with Gasteiger partial charge in [-0.05, 0) is 34.1 Å². The highest BCUT2D eigenvalue weighted by atomic mass is 79.9. The average molecular weight is 379 g/mol. The second-order valence-corrected chi connectivity index (χ2v) is 5.32. The van der Waals surface area contributed by atoms with Crippen LogP contribution in [0.2, 0.25) is 0 Å². The van der Waals surface area contributed by atoms with E-state index in [0.29, 0.717) is 15.9 Å². The molecule has 18 heavy (non-hydrogen) atoms. The van der Waals surface area contributed by atoms with Gasteiger partial charge in [0.05, 0.1) is 11.7 Å². The van der Waals surface area contributed by atoms with Crippen LogP contribution < -0.4 is 11.3 Å². The smallest absolute Gasteiger partial charge is 0.153 e. The van der Waals surface area contributed by atoms with Crippen LogP contribution in [0.3, 0.4) is 0 Å². The molecule has 5 nitrogen and oxygen atoms in total. The molecular formula is C10H10Br2FN5. The van der Waals surface area contributed by atoms with Crippen molar-refractivity contribution in [3.63, 3.8) is 0 Å². The Morgan fingerprint density at radius 1 is 1.44 bits per heavy atom. The normalized spacial score (nSPS) is 12.7. The number of hydrazine groups is 1. The van der Waals surface area contributed by atoms with Crippen LogP contribution in [-0.4, -0.2) is 15.0 Å². The van der Waals surface area contributed by atoms with Crippen LogP contribution in [0.15, 0.2) is 27.3 Å². The first-order chi connectivity index (χ1) is 8.54. The lowest BCUT2D eigenvalue weighted by Gasteiger charge is -2.17. The third kappa shape index (κ3) is 2.46. The molecule has 96 valence electrons. The molecule has 1 atom stereocenters. The molecule has 1 aromatic carbocycles. The molecule has 8 heteroatoms. The molecular weight excluding hydrogens is 369 g/mol. The van der Waals surface area contributed by atoms with Crippen molar-refractivity contribution in [2.75, 3.05) is 0 Å². The fourth-order valence-corrected chi connectivity index (χ4v) is 2.63. The molecule has 0 aliphatic carbocycles. The number of aromatic nitrogens is 3. The highest BCUT2D eigenvalue weighted by Crippen LogP contribution is 2.29. The molecule has 0 bridgehead atoms. The zero-order valence-corrected chi connectivity index (χ0v) is 12.5. The van der Waals surface area contributed by atoms with Gasteiger partial charge in [-0.25, -0.2) is 14.5 Å². The Morgan fingerprint density at radius 2 is 2.17 bits per heavy atom. The van der Waals surface area contributed by atoms with Gasteiger partial charge in [0, 0.05) is 17.1 Å². The van der Waals surface area contributed by atoms with E-state index in [0.717, 1.165) is 4.47 Å². The molecule has 0 saturated heterocycles. The van der Waals surface area contributed by atoms with Crippen molar-refractivity contribution in [3.8, 4) is 0 Å². The minimum atomic E-state index is -0.545. The lowest BCUT2D eigenvalue weighted by molar-refractivity contribution is 0.530. The fourth-order valence-electron chi connectivity index (χ4n) is 1.70. The predicted octanol–water partition coefficient (Wildman–Crippen LogP) is 2.03. The Kier molecular flexibility index (Phi) is 4.10. The quantitative estimate of drug-likeness (QED) is 0.633. The molecule has 0 fully saturated rings. The molecule has 1 heterocycles. The van der Waals surface area contributed by atoms with Gasteiger partial charge in [0.1, 0.15) is 5.82 Å². The van der Waals surface area contributed by atoms with Gasteiger partial charge in [-0.15, -0.1) is 5.10 Å². The van der Waals surface area contributed by atoms with E-state index in [2.05, 4.69) is 47.6 Å². The Bertz CT molecular complexity index is 552. The second-order valence-electron chi connectivity index (χ2n) is 3.65. The molecule has 3 N–H and O–H groups in total. The topological polar surface area (TPSA) is 68.8 Å². The first-order valence-corrected chi connectivity index (χ1v) is 6.59. The Hall–Kier alpha value is -0.830. The highest BCUT2D eigenvalue weighted by molar-refractivity contribution is 9.10. The van der Waals surface area contributed by atoms with E-state index >= 15 is 0 Å². The van der Waals surface area contributed by atoms with Gasteiger partial charge in [-0.3, -0.25) is 5.84 Å². The summed E-state index contributed by atoms with van der Waals surface area (Å²) in [6.07, 6.45) is 0. The summed E-state index contributed by atoms with van der Waals surface area (Å²) < 4.78 is 16.7. The van der Waals surface area contributed by atoms with Gasteiger partial charge < -0.3 is 0 Å². The highest BCUT2D eigenvalue weighted by Gasteiger charge is 2.23. The van der Waals surface area contributed by atoms with Crippen LogP contribution in [-0.2, 0) is 7.05 Å². The van der Waals surface area contributed by atoms with Gasteiger partial charge in [-0.1, -0.05) is 21.1 Å². The van der Waals surface area contributed by atoms with Gasteiger partial charge in [0.25, 0.3) is 0 Å². The van der Waals surface area contributed by atoms with Crippen molar-refractivity contribution < 1.29 is 4.39 Å². The van der Waals surface area contributed by atoms with Crippen LogP contribution in [0, 0.1) is 5.82 Å². The summed E-state index contributed by atoms with van der Waals surface area (Å²) in [5.41, 5.74) is 3.64. The molecule has 0 amide bonds. The summed E-state index contributed by atoms with van der Waals surface area (Å²) in [6.45, 7) is 0. The Balaban J connectivity index is 2.55. The lowest BCUT2D eigenvalue weighted by atomic mass is 10.0. The van der Waals surface area contributed by atoms with E-state index in [9.17, 15) is 4.39 Å². The minimum absolute atomic E-state index is 0.353. The van der Waals surface area contributed by atoms with Gasteiger partial charge >= 0.3 is 0 Å². The van der Waals surface area contributed by atoms with Crippen molar-refractivity contribution >= 4 is 31.9 Å². The molecule has 0 aliphatic rings. The number of nitrogens with two attached hydrogens (primary N) is 1. The molecule has 0 saturated carbocycles. The molecule has 1 unspecified atom stereocenters. The standard InChI is InChI=1S/C10H10Br2FN5/c1-18-9(10(12)16-17-18)8(15-14)6-4-5(11)2-3-7(6)13/h2-4,8,15H,14H2,1H3. The van der Waals surface area contributed by atoms with E-state index in [1.54, 1.807) is 19.2 Å². The molecule has 0 aliphatic heterocycles. The van der Waals surface area contributed by atoms with Crippen molar-refractivity contribution in [1.29, 1.82) is 0 Å². The summed E-state index contributed by atoms with van der Waals surface area (Å²) in [7, 11) is 1.72. The second kappa shape index (κ2) is 5.43. The van der Waals surface area contributed by atoms with E-state index in [1.807, 2.05) is 0 Å². The lowest BCUT2D eigenvalue weighted by Crippen LogP contribution is -2.31. The van der Waals surface area contributed by atoms with Crippen LogP contribution >= 0.6 is 31.9 Å². The number of hydrogen-bond acceptors (Lipinski definition) is 4. The van der Waals surface area contributed by atoms with Crippen molar-refractivity contribution in [3.05, 3.63) is 44.3 Å². The Morgan fingerprint density at radius 3 is 2.72 bits per heavy atom. The van der Waals surface area contributed by atoms with Crippen LogP contribution in [0.5, 0.6) is 0 Å². The monoisotopic (exact) mass is 377 g/mol. The summed E-state index contributed by atoms with van der Waals surface area (Å²) in [4.78, 5) is 0. The van der Waals surface area contributed by atoms with Crippen molar-refractivity contribution in [1.82, 2.24) is 20.4 Å². The number of aryl methyl sites for hydroxylation is 1. The van der Waals surface area contributed by atoms with Gasteiger partial charge in [0.15, 0.2) is 4.60 Å². The Labute approximate surface area is 120 Å². The predicted molar refractivity (Wildman–Crippen MR) is 72.0 cm³/mol. The molecule has 0 spiro atoms. The third-order valence-electron chi connectivity index (χ3n) is 2.54. The largest absolute Gasteiger partial charge is 0.271 e. The van der Waals surface area contributed by atoms with E-state index in [-0.39, 0.29) is 5.82 Å². The summed E-state index contributed by atoms with van der Waals surface area (Å²) >= 11 is 6.58. The van der Waals surface area contributed by atoms with E-state index < -0.39 is 6.04 Å². The summed E-state index contributed by atoms with van der Waals surface area (Å²) in [5.74, 6) is 5.18. The number of hydrogen-bond donors (Lipinski definition) is 2. The molecule has 2 rings (SSSR count). The van der Waals surface area contributed by atoms with E-state index in [1.165, 1.54) is 10.7 Å². The maximum absolute atomic E-state index is 13.9. The SMILES string of the molecule is Cn1nnc(Br)c1C(NN)c1cc(Br)ccc1F. The van der Waals surface area contributed by atoms with Gasteiger partial charge in [0.2, 0.25) is 0 Å². The van der Waals surface area contributed by atoms with Crippen LogP contribution in [0.4, 0.5) is 4.39 Å². The van der Waals surface area contributed by atoms with Crippen LogP contribution in [0.25, 0.3) is 0 Å². The molecule has 2 aromatic rings. The molecule has 0 radical (unpaired) electrons. The first kappa shape index (κ1) is 13.6.